The average Bonchev–Trinajstić information content (AvgIpc) is 2.52. The van der Waals surface area contributed by atoms with Crippen molar-refractivity contribution in [2.24, 2.45) is 5.73 Å². The van der Waals surface area contributed by atoms with Gasteiger partial charge in [-0.25, -0.2) is 0 Å². The summed E-state index contributed by atoms with van der Waals surface area (Å²) in [5, 5.41) is 0. The highest BCUT2D eigenvalue weighted by Gasteiger charge is 2.22. The summed E-state index contributed by atoms with van der Waals surface area (Å²) in [4.78, 5) is 0. The number of rotatable bonds is 5. The van der Waals surface area contributed by atoms with Crippen molar-refractivity contribution in [1.29, 1.82) is 0 Å². The van der Waals surface area contributed by atoms with Crippen LogP contribution >= 0.6 is 0 Å². The second-order valence-corrected chi connectivity index (χ2v) is 4.26. The van der Waals surface area contributed by atoms with Gasteiger partial charge in [0.25, 0.3) is 0 Å². The molecule has 0 saturated carbocycles. The molecule has 1 rings (SSSR count). The fourth-order valence-electron chi connectivity index (χ4n) is 1.76. The highest BCUT2D eigenvalue weighted by molar-refractivity contribution is 4.80. The summed E-state index contributed by atoms with van der Waals surface area (Å²) in [6, 6.07) is 0. The molecule has 1 fully saturated rings. The van der Waals surface area contributed by atoms with Crippen molar-refractivity contribution in [3.05, 3.63) is 0 Å². The molecule has 3 heteroatoms. The molecule has 2 atom stereocenters. The second-order valence-electron chi connectivity index (χ2n) is 4.26. The van der Waals surface area contributed by atoms with Crippen LogP contribution in [0.5, 0.6) is 0 Å². The first-order valence-electron chi connectivity index (χ1n) is 5.03. The van der Waals surface area contributed by atoms with E-state index in [2.05, 4.69) is 0 Å². The van der Waals surface area contributed by atoms with E-state index in [1.165, 1.54) is 12.8 Å². The van der Waals surface area contributed by atoms with Crippen molar-refractivity contribution in [3.63, 3.8) is 0 Å². The van der Waals surface area contributed by atoms with Gasteiger partial charge in [0.1, 0.15) is 0 Å². The smallest absolute Gasteiger partial charge is 0.0639 e. The molecule has 0 radical (unpaired) electrons. The van der Waals surface area contributed by atoms with Crippen LogP contribution in [-0.2, 0) is 9.47 Å². The number of nitrogens with two attached hydrogens (primary N) is 1. The topological polar surface area (TPSA) is 44.5 Å². The zero-order valence-electron chi connectivity index (χ0n) is 8.71. The maximum Gasteiger partial charge on any atom is 0.0639 e. The van der Waals surface area contributed by atoms with Crippen LogP contribution < -0.4 is 5.73 Å². The van der Waals surface area contributed by atoms with Gasteiger partial charge in [-0.15, -0.1) is 0 Å². The van der Waals surface area contributed by atoms with Gasteiger partial charge in [-0.2, -0.15) is 0 Å². The fraction of sp³-hybridized carbons (Fsp3) is 1.00. The van der Waals surface area contributed by atoms with E-state index in [4.69, 9.17) is 15.2 Å². The summed E-state index contributed by atoms with van der Waals surface area (Å²) in [5.41, 5.74) is 5.83. The lowest BCUT2D eigenvalue weighted by atomic mass is 9.95. The van der Waals surface area contributed by atoms with Gasteiger partial charge < -0.3 is 15.2 Å². The molecule has 0 aliphatic carbocycles. The van der Waals surface area contributed by atoms with Crippen LogP contribution in [0.3, 0.4) is 0 Å². The third-order valence-corrected chi connectivity index (χ3v) is 2.54. The minimum absolute atomic E-state index is 0.194. The van der Waals surface area contributed by atoms with Crippen molar-refractivity contribution >= 4 is 0 Å². The minimum atomic E-state index is -0.194. The molecule has 2 unspecified atom stereocenters. The Morgan fingerprint density at radius 2 is 2.38 bits per heavy atom. The van der Waals surface area contributed by atoms with Gasteiger partial charge >= 0.3 is 0 Å². The molecule has 1 aliphatic rings. The van der Waals surface area contributed by atoms with Crippen molar-refractivity contribution in [3.8, 4) is 0 Å². The predicted molar refractivity (Wildman–Crippen MR) is 52.7 cm³/mol. The van der Waals surface area contributed by atoms with Crippen molar-refractivity contribution in [2.45, 2.75) is 44.2 Å². The molecule has 2 N–H and O–H groups in total. The third kappa shape index (κ3) is 4.07. The summed E-state index contributed by atoms with van der Waals surface area (Å²) in [6.45, 7) is 3.58. The summed E-state index contributed by atoms with van der Waals surface area (Å²) in [7, 11) is 1.69. The van der Waals surface area contributed by atoms with Crippen LogP contribution in [-0.4, -0.2) is 32.0 Å². The van der Waals surface area contributed by atoms with E-state index in [0.717, 1.165) is 19.4 Å². The molecule has 78 valence electrons. The summed E-state index contributed by atoms with van der Waals surface area (Å²) in [6.07, 6.45) is 4.89. The quantitative estimate of drug-likeness (QED) is 0.705. The number of hydrogen-bond acceptors (Lipinski definition) is 3. The normalized spacial score (nSPS) is 27.5. The van der Waals surface area contributed by atoms with Crippen LogP contribution in [0.4, 0.5) is 0 Å². The molecule has 0 aromatic carbocycles. The first-order chi connectivity index (χ1) is 6.14. The molecule has 0 amide bonds. The minimum Gasteiger partial charge on any atom is -0.383 e. The van der Waals surface area contributed by atoms with Crippen LogP contribution in [0.2, 0.25) is 0 Å². The number of hydrogen-bond donors (Lipinski definition) is 1. The van der Waals surface area contributed by atoms with Gasteiger partial charge in [-0.3, -0.25) is 0 Å². The Kier molecular flexibility index (Phi) is 4.16. The van der Waals surface area contributed by atoms with Gasteiger partial charge in [-0.1, -0.05) is 0 Å². The Morgan fingerprint density at radius 1 is 1.62 bits per heavy atom. The Bertz CT molecular complexity index is 142. The van der Waals surface area contributed by atoms with Crippen LogP contribution in [0.15, 0.2) is 0 Å². The number of methoxy groups -OCH3 is 1. The lowest BCUT2D eigenvalue weighted by Crippen LogP contribution is -2.41. The first-order valence-corrected chi connectivity index (χ1v) is 5.03. The van der Waals surface area contributed by atoms with E-state index in [-0.39, 0.29) is 5.54 Å². The Morgan fingerprint density at radius 3 is 2.92 bits per heavy atom. The predicted octanol–water partition coefficient (Wildman–Crippen LogP) is 1.31. The first kappa shape index (κ1) is 11.0. The van der Waals surface area contributed by atoms with E-state index >= 15 is 0 Å². The van der Waals surface area contributed by atoms with Gasteiger partial charge in [0.05, 0.1) is 12.7 Å². The molecule has 0 aromatic heterocycles. The monoisotopic (exact) mass is 187 g/mol. The SMILES string of the molecule is COCC(C)(N)CCC1CCCO1. The van der Waals surface area contributed by atoms with E-state index in [1.54, 1.807) is 7.11 Å². The van der Waals surface area contributed by atoms with Gasteiger partial charge in [0.2, 0.25) is 0 Å². The van der Waals surface area contributed by atoms with Gasteiger partial charge in [-0.05, 0) is 32.6 Å². The maximum absolute atomic E-state index is 6.02. The van der Waals surface area contributed by atoms with Crippen LogP contribution in [0.25, 0.3) is 0 Å². The molecular weight excluding hydrogens is 166 g/mol. The van der Waals surface area contributed by atoms with Crippen molar-refractivity contribution in [2.75, 3.05) is 20.3 Å². The number of ether oxygens (including phenoxy) is 2. The molecular formula is C10H21NO2. The Balaban J connectivity index is 2.15. The zero-order valence-corrected chi connectivity index (χ0v) is 8.71. The van der Waals surface area contributed by atoms with Crippen LogP contribution in [0, 0.1) is 0 Å². The van der Waals surface area contributed by atoms with E-state index in [0.29, 0.717) is 12.7 Å². The molecule has 13 heavy (non-hydrogen) atoms. The largest absolute Gasteiger partial charge is 0.383 e. The average molecular weight is 187 g/mol. The molecule has 1 aliphatic heterocycles. The molecule has 0 spiro atoms. The van der Waals surface area contributed by atoms with Gasteiger partial charge in [0, 0.05) is 19.3 Å². The second kappa shape index (κ2) is 4.94. The Hall–Kier alpha value is -0.120. The van der Waals surface area contributed by atoms with Gasteiger partial charge in [0.15, 0.2) is 0 Å². The third-order valence-electron chi connectivity index (χ3n) is 2.54. The maximum atomic E-state index is 6.02. The lowest BCUT2D eigenvalue weighted by Gasteiger charge is -2.24. The molecule has 1 saturated heterocycles. The molecule has 0 bridgehead atoms. The summed E-state index contributed by atoms with van der Waals surface area (Å²) < 4.78 is 10.6. The standard InChI is InChI=1S/C10H21NO2/c1-10(11,8-12-2)6-5-9-4-3-7-13-9/h9H,3-8,11H2,1-2H3. The molecule has 3 nitrogen and oxygen atoms in total. The summed E-state index contributed by atoms with van der Waals surface area (Å²) >= 11 is 0. The van der Waals surface area contributed by atoms with Crippen molar-refractivity contribution in [1.82, 2.24) is 0 Å². The van der Waals surface area contributed by atoms with E-state index in [9.17, 15) is 0 Å². The highest BCUT2D eigenvalue weighted by Crippen LogP contribution is 2.20. The highest BCUT2D eigenvalue weighted by atomic mass is 16.5. The molecule has 1 heterocycles. The van der Waals surface area contributed by atoms with Crippen LogP contribution in [0.1, 0.15) is 32.6 Å². The van der Waals surface area contributed by atoms with E-state index < -0.39 is 0 Å². The fourth-order valence-corrected chi connectivity index (χ4v) is 1.76. The summed E-state index contributed by atoms with van der Waals surface area (Å²) in [5.74, 6) is 0. The zero-order chi connectivity index (χ0) is 9.73. The Labute approximate surface area is 80.6 Å². The lowest BCUT2D eigenvalue weighted by molar-refractivity contribution is 0.0834. The van der Waals surface area contributed by atoms with Crippen molar-refractivity contribution < 1.29 is 9.47 Å². The van der Waals surface area contributed by atoms with E-state index in [1.807, 2.05) is 6.92 Å². The molecule has 0 aromatic rings.